The molecule has 1 N–H and O–H groups in total. The van der Waals surface area contributed by atoms with Crippen molar-refractivity contribution in [2.45, 2.75) is 25.8 Å². The molecule has 2 saturated heterocycles. The summed E-state index contributed by atoms with van der Waals surface area (Å²) in [6.07, 6.45) is 2.91. The predicted octanol–water partition coefficient (Wildman–Crippen LogP) is 2.33. The van der Waals surface area contributed by atoms with Crippen molar-refractivity contribution in [3.8, 4) is 0 Å². The predicted molar refractivity (Wildman–Crippen MR) is 100.0 cm³/mol. The molecule has 3 aliphatic rings. The maximum Gasteiger partial charge on any atom is 0.303 e. The van der Waals surface area contributed by atoms with Crippen LogP contribution in [0.3, 0.4) is 0 Å². The number of hydrogen-bond donors (Lipinski definition) is 1. The normalized spacial score (nSPS) is 28.6. The SMILES string of the molecule is [C-]#[N+]c1cnc2c(N3CC[C@@H]3C)nc(N3C[C@@H]4C(CC(=O)O)[C@@H]4C3)cc2n1. The fourth-order valence-electron chi connectivity index (χ4n) is 4.57. The van der Waals surface area contributed by atoms with Crippen LogP contribution in [-0.4, -0.2) is 51.7 Å². The summed E-state index contributed by atoms with van der Waals surface area (Å²) in [6.45, 7) is 12.0. The first-order chi connectivity index (χ1) is 13.0. The third kappa shape index (κ3) is 2.57. The second-order valence-corrected chi connectivity index (χ2v) is 7.84. The summed E-state index contributed by atoms with van der Waals surface area (Å²) in [7, 11) is 0. The summed E-state index contributed by atoms with van der Waals surface area (Å²) in [5.74, 6) is 2.48. The molecule has 1 unspecified atom stereocenters. The van der Waals surface area contributed by atoms with Gasteiger partial charge in [0.15, 0.2) is 16.9 Å². The Balaban J connectivity index is 1.48. The smallest absolute Gasteiger partial charge is 0.303 e. The number of fused-ring (bicyclic) bond motifs is 2. The molecule has 2 aromatic heterocycles. The lowest BCUT2D eigenvalue weighted by Crippen LogP contribution is -2.46. The highest BCUT2D eigenvalue weighted by molar-refractivity contribution is 5.89. The van der Waals surface area contributed by atoms with Gasteiger partial charge in [-0.15, -0.1) is 4.98 Å². The van der Waals surface area contributed by atoms with Gasteiger partial charge in [-0.2, -0.15) is 0 Å². The van der Waals surface area contributed by atoms with Gasteiger partial charge in [0.05, 0.1) is 6.20 Å². The van der Waals surface area contributed by atoms with E-state index in [2.05, 4.69) is 31.5 Å². The van der Waals surface area contributed by atoms with Crippen molar-refractivity contribution in [3.63, 3.8) is 0 Å². The summed E-state index contributed by atoms with van der Waals surface area (Å²) >= 11 is 0. The summed E-state index contributed by atoms with van der Waals surface area (Å²) in [4.78, 5) is 32.6. The molecule has 0 aromatic carbocycles. The van der Waals surface area contributed by atoms with Crippen molar-refractivity contribution in [1.82, 2.24) is 15.0 Å². The molecule has 4 atom stereocenters. The van der Waals surface area contributed by atoms with Crippen LogP contribution >= 0.6 is 0 Å². The number of anilines is 2. The van der Waals surface area contributed by atoms with E-state index in [0.29, 0.717) is 29.3 Å². The first-order valence-corrected chi connectivity index (χ1v) is 9.34. The van der Waals surface area contributed by atoms with E-state index in [9.17, 15) is 4.79 Å². The fourth-order valence-corrected chi connectivity index (χ4v) is 4.57. The van der Waals surface area contributed by atoms with Gasteiger partial charge >= 0.3 is 5.97 Å². The Morgan fingerprint density at radius 1 is 1.37 bits per heavy atom. The molecule has 8 heteroatoms. The molecule has 3 fully saturated rings. The zero-order valence-electron chi connectivity index (χ0n) is 15.0. The summed E-state index contributed by atoms with van der Waals surface area (Å²) in [6, 6.07) is 2.34. The highest BCUT2D eigenvalue weighted by Crippen LogP contribution is 2.54. The molecular formula is C19H20N6O2. The van der Waals surface area contributed by atoms with E-state index in [1.807, 2.05) is 6.07 Å². The number of aromatic nitrogens is 3. The Morgan fingerprint density at radius 2 is 2.15 bits per heavy atom. The molecule has 5 rings (SSSR count). The third-order valence-corrected chi connectivity index (χ3v) is 6.30. The molecule has 0 radical (unpaired) electrons. The molecule has 0 bridgehead atoms. The van der Waals surface area contributed by atoms with Crippen LogP contribution in [0.15, 0.2) is 12.3 Å². The maximum absolute atomic E-state index is 11.0. The van der Waals surface area contributed by atoms with Gasteiger partial charge in [0.25, 0.3) is 5.82 Å². The zero-order valence-corrected chi connectivity index (χ0v) is 15.0. The minimum absolute atomic E-state index is 0.269. The Hall–Kier alpha value is -2.95. The van der Waals surface area contributed by atoms with Crippen molar-refractivity contribution >= 4 is 34.5 Å². The van der Waals surface area contributed by atoms with Crippen LogP contribution in [0.4, 0.5) is 17.5 Å². The first-order valence-electron chi connectivity index (χ1n) is 9.34. The Morgan fingerprint density at radius 3 is 2.74 bits per heavy atom. The summed E-state index contributed by atoms with van der Waals surface area (Å²) in [5, 5.41) is 9.01. The van der Waals surface area contributed by atoms with Crippen LogP contribution in [0, 0.1) is 24.3 Å². The van der Waals surface area contributed by atoms with Crippen molar-refractivity contribution in [2.75, 3.05) is 29.4 Å². The van der Waals surface area contributed by atoms with E-state index in [-0.39, 0.29) is 12.2 Å². The van der Waals surface area contributed by atoms with Gasteiger partial charge in [0.1, 0.15) is 5.82 Å². The Labute approximate surface area is 156 Å². The van der Waals surface area contributed by atoms with Gasteiger partial charge in [0, 0.05) is 38.2 Å². The van der Waals surface area contributed by atoms with Gasteiger partial charge in [-0.05, 0) is 31.1 Å². The van der Waals surface area contributed by atoms with Crippen LogP contribution in [-0.2, 0) is 4.79 Å². The Kier molecular flexibility index (Phi) is 3.47. The molecule has 1 aliphatic carbocycles. The molecule has 27 heavy (non-hydrogen) atoms. The quantitative estimate of drug-likeness (QED) is 0.833. The third-order valence-electron chi connectivity index (χ3n) is 6.30. The summed E-state index contributed by atoms with van der Waals surface area (Å²) in [5.41, 5.74) is 1.44. The number of piperidine rings is 1. The number of pyridine rings is 1. The summed E-state index contributed by atoms with van der Waals surface area (Å²) < 4.78 is 0. The van der Waals surface area contributed by atoms with Crippen molar-refractivity contribution in [1.29, 1.82) is 0 Å². The molecule has 2 aliphatic heterocycles. The van der Waals surface area contributed by atoms with Crippen LogP contribution < -0.4 is 9.80 Å². The van der Waals surface area contributed by atoms with E-state index < -0.39 is 5.97 Å². The lowest BCUT2D eigenvalue weighted by atomic mass is 10.1. The van der Waals surface area contributed by atoms with Gasteiger partial charge < -0.3 is 19.8 Å². The van der Waals surface area contributed by atoms with Gasteiger partial charge in [-0.3, -0.25) is 9.78 Å². The molecular weight excluding hydrogens is 344 g/mol. The number of carboxylic acids is 1. The minimum atomic E-state index is -0.708. The average molecular weight is 364 g/mol. The van der Waals surface area contributed by atoms with Crippen LogP contribution in [0.25, 0.3) is 15.9 Å². The number of nitrogens with zero attached hydrogens (tertiary/aromatic N) is 6. The lowest BCUT2D eigenvalue weighted by Gasteiger charge is -2.40. The number of rotatable bonds is 4. The highest BCUT2D eigenvalue weighted by Gasteiger charge is 2.56. The number of carboxylic acid groups (broad SMARTS) is 1. The second-order valence-electron chi connectivity index (χ2n) is 7.84. The molecule has 8 nitrogen and oxygen atoms in total. The first kappa shape index (κ1) is 16.2. The number of hydrogen-bond acceptors (Lipinski definition) is 6. The zero-order chi connectivity index (χ0) is 18.7. The van der Waals surface area contributed by atoms with Gasteiger partial charge in [-0.25, -0.2) is 4.98 Å². The molecule has 138 valence electrons. The number of aliphatic carboxylic acids is 1. The van der Waals surface area contributed by atoms with Crippen LogP contribution in [0.5, 0.6) is 0 Å². The van der Waals surface area contributed by atoms with Crippen molar-refractivity contribution in [3.05, 3.63) is 23.7 Å². The van der Waals surface area contributed by atoms with Crippen molar-refractivity contribution in [2.24, 2.45) is 17.8 Å². The molecule has 1 saturated carbocycles. The topological polar surface area (TPSA) is 86.8 Å². The monoisotopic (exact) mass is 364 g/mol. The Bertz CT molecular complexity index is 974. The maximum atomic E-state index is 11.0. The average Bonchev–Trinajstić information content (AvgIpc) is 3.07. The van der Waals surface area contributed by atoms with Crippen LogP contribution in [0.2, 0.25) is 0 Å². The second kappa shape index (κ2) is 5.78. The standard InChI is InChI=1S/C19H20N6O2/c1-10-3-4-25(10)19-18-14(22-15(20-2)7-21-18)6-16(23-19)24-8-12-11(5-17(26)27)13(12)9-24/h6-7,10-13H,3-5,8-9H2,1H3,(H,26,27)/t10-,11?,12-,13+/m0/s1. The van der Waals surface area contributed by atoms with E-state index in [1.54, 1.807) is 0 Å². The molecule has 2 aromatic rings. The minimum Gasteiger partial charge on any atom is -0.481 e. The van der Waals surface area contributed by atoms with E-state index in [1.165, 1.54) is 6.20 Å². The van der Waals surface area contributed by atoms with Crippen molar-refractivity contribution < 1.29 is 9.90 Å². The van der Waals surface area contributed by atoms with E-state index in [0.717, 1.165) is 43.2 Å². The molecule has 0 amide bonds. The fraction of sp³-hybridized carbons (Fsp3) is 0.526. The van der Waals surface area contributed by atoms with Gasteiger partial charge in [-0.1, -0.05) is 6.57 Å². The molecule has 0 spiro atoms. The van der Waals surface area contributed by atoms with Crippen LogP contribution in [0.1, 0.15) is 19.8 Å². The number of carbonyl (C=O) groups is 1. The van der Waals surface area contributed by atoms with Gasteiger partial charge in [0.2, 0.25) is 0 Å². The molecule has 4 heterocycles. The largest absolute Gasteiger partial charge is 0.481 e. The van der Waals surface area contributed by atoms with E-state index >= 15 is 0 Å². The lowest BCUT2D eigenvalue weighted by molar-refractivity contribution is -0.137. The highest BCUT2D eigenvalue weighted by atomic mass is 16.4. The van der Waals surface area contributed by atoms with E-state index in [4.69, 9.17) is 16.7 Å².